The molecule has 1 rings (SSSR count). The van der Waals surface area contributed by atoms with Crippen LogP contribution in [-0.4, -0.2) is 4.86 Å². The predicted molar refractivity (Wildman–Crippen MR) is 49.5 cm³/mol. The van der Waals surface area contributed by atoms with Crippen molar-refractivity contribution < 1.29 is 0 Å². The molecule has 0 saturated heterocycles. The summed E-state index contributed by atoms with van der Waals surface area (Å²) in [6, 6.07) is 0. The van der Waals surface area contributed by atoms with E-state index in [1.807, 2.05) is 0 Å². The molecule has 1 aliphatic carbocycles. The zero-order valence-electron chi connectivity index (χ0n) is 6.13. The summed E-state index contributed by atoms with van der Waals surface area (Å²) in [5.74, 6) is 0. The molecule has 0 saturated carbocycles. The number of thiocarbonyl (C=S) groups is 1. The molecular weight excluding hydrogens is 158 g/mol. The van der Waals surface area contributed by atoms with Crippen molar-refractivity contribution in [1.82, 2.24) is 0 Å². The first-order valence-electron chi connectivity index (χ1n) is 3.36. The van der Waals surface area contributed by atoms with Gasteiger partial charge in [0.2, 0.25) is 0 Å². The van der Waals surface area contributed by atoms with Crippen LogP contribution in [0, 0.1) is 0 Å². The molecule has 0 spiro atoms. The van der Waals surface area contributed by atoms with E-state index in [-0.39, 0.29) is 0 Å². The third-order valence-corrected chi connectivity index (χ3v) is 2.18. The van der Waals surface area contributed by atoms with Crippen molar-refractivity contribution in [2.45, 2.75) is 12.8 Å². The van der Waals surface area contributed by atoms with Gasteiger partial charge in [-0.3, -0.25) is 0 Å². The third kappa shape index (κ3) is 1.35. The third-order valence-electron chi connectivity index (χ3n) is 1.76. The van der Waals surface area contributed by atoms with Gasteiger partial charge in [0.05, 0.1) is 11.4 Å². The predicted octanol–water partition coefficient (Wildman–Crippen LogP) is 0.122. The van der Waals surface area contributed by atoms with E-state index in [1.165, 1.54) is 6.20 Å². The maximum atomic E-state index is 5.64. The maximum absolute atomic E-state index is 5.64. The van der Waals surface area contributed by atoms with Crippen LogP contribution in [0.15, 0.2) is 23.2 Å². The van der Waals surface area contributed by atoms with Gasteiger partial charge >= 0.3 is 0 Å². The number of hydrogen-bond donors (Lipinski definition) is 3. The molecule has 0 atom stereocenters. The summed E-state index contributed by atoms with van der Waals surface area (Å²) >= 11 is 4.98. The molecule has 3 nitrogen and oxygen atoms in total. The van der Waals surface area contributed by atoms with E-state index in [0.29, 0.717) is 11.4 Å². The second-order valence-electron chi connectivity index (χ2n) is 2.44. The molecule has 0 aliphatic heterocycles. The van der Waals surface area contributed by atoms with E-state index in [1.54, 1.807) is 0 Å². The largest absolute Gasteiger partial charge is 0.404 e. The highest BCUT2D eigenvalue weighted by molar-refractivity contribution is 7.80. The van der Waals surface area contributed by atoms with Crippen molar-refractivity contribution in [3.63, 3.8) is 0 Å². The van der Waals surface area contributed by atoms with Gasteiger partial charge in [0.1, 0.15) is 0 Å². The van der Waals surface area contributed by atoms with Gasteiger partial charge in [-0.25, -0.2) is 0 Å². The Morgan fingerprint density at radius 3 is 2.36 bits per heavy atom. The molecule has 0 heterocycles. The molecule has 0 aromatic rings. The normalized spacial score (nSPS) is 22.9. The minimum absolute atomic E-state index is 0.517. The van der Waals surface area contributed by atoms with Crippen LogP contribution < -0.4 is 17.2 Å². The monoisotopic (exact) mass is 169 g/mol. The zero-order valence-corrected chi connectivity index (χ0v) is 6.95. The van der Waals surface area contributed by atoms with Crippen LogP contribution in [0.25, 0.3) is 0 Å². The quantitative estimate of drug-likeness (QED) is 0.450. The van der Waals surface area contributed by atoms with E-state index in [4.69, 9.17) is 29.4 Å². The highest BCUT2D eigenvalue weighted by Crippen LogP contribution is 2.20. The van der Waals surface area contributed by atoms with Crippen molar-refractivity contribution >= 4 is 17.1 Å². The average Bonchev–Trinajstić information content (AvgIpc) is 2.01. The van der Waals surface area contributed by atoms with Gasteiger partial charge in [0.25, 0.3) is 0 Å². The van der Waals surface area contributed by atoms with Crippen LogP contribution in [0.3, 0.4) is 0 Å². The van der Waals surface area contributed by atoms with E-state index in [9.17, 15) is 0 Å². The lowest BCUT2D eigenvalue weighted by molar-refractivity contribution is 0.968. The van der Waals surface area contributed by atoms with Gasteiger partial charge in [-0.15, -0.1) is 0 Å². The van der Waals surface area contributed by atoms with Gasteiger partial charge in [0.15, 0.2) is 0 Å². The Kier molecular flexibility index (Phi) is 2.14. The van der Waals surface area contributed by atoms with E-state index in [0.717, 1.165) is 23.3 Å². The molecule has 0 amide bonds. The molecule has 6 N–H and O–H groups in total. The zero-order chi connectivity index (χ0) is 8.43. The molecule has 4 heteroatoms. The van der Waals surface area contributed by atoms with Gasteiger partial charge in [-0.1, -0.05) is 12.2 Å². The number of allylic oxidation sites excluding steroid dienone is 2. The Hall–Kier alpha value is -1.03. The van der Waals surface area contributed by atoms with Gasteiger partial charge in [0, 0.05) is 4.86 Å². The first-order chi connectivity index (χ1) is 5.16. The first kappa shape index (κ1) is 8.07. The Morgan fingerprint density at radius 1 is 1.18 bits per heavy atom. The van der Waals surface area contributed by atoms with E-state index >= 15 is 0 Å². The maximum Gasteiger partial charge on any atom is 0.0692 e. The van der Waals surface area contributed by atoms with Gasteiger partial charge in [-0.2, -0.15) is 0 Å². The van der Waals surface area contributed by atoms with Crippen LogP contribution in [0.4, 0.5) is 0 Å². The molecule has 0 aromatic carbocycles. The Balaban J connectivity index is 3.06. The molecule has 0 aromatic heterocycles. The first-order valence-corrected chi connectivity index (χ1v) is 3.77. The Labute approximate surface area is 70.9 Å². The van der Waals surface area contributed by atoms with Crippen molar-refractivity contribution in [1.29, 1.82) is 0 Å². The summed E-state index contributed by atoms with van der Waals surface area (Å²) in [5, 5.41) is 0. The summed E-state index contributed by atoms with van der Waals surface area (Å²) in [4.78, 5) is 0.744. The molecule has 60 valence electrons. The second-order valence-corrected chi connectivity index (χ2v) is 2.94. The average molecular weight is 169 g/mol. The highest BCUT2D eigenvalue weighted by atomic mass is 32.1. The molecule has 1 aliphatic rings. The summed E-state index contributed by atoms with van der Waals surface area (Å²) in [7, 11) is 0. The van der Waals surface area contributed by atoms with Crippen LogP contribution in [0.2, 0.25) is 0 Å². The van der Waals surface area contributed by atoms with Crippen LogP contribution in [-0.2, 0) is 0 Å². The number of rotatable bonds is 0. The van der Waals surface area contributed by atoms with Crippen molar-refractivity contribution in [3.8, 4) is 0 Å². The molecular formula is C7H11N3S. The summed E-state index contributed by atoms with van der Waals surface area (Å²) in [6.07, 6.45) is 3.08. The fourth-order valence-corrected chi connectivity index (χ4v) is 1.23. The lowest BCUT2D eigenvalue weighted by Gasteiger charge is -2.17. The van der Waals surface area contributed by atoms with E-state index < -0.39 is 0 Å². The van der Waals surface area contributed by atoms with Crippen LogP contribution >= 0.6 is 12.2 Å². The van der Waals surface area contributed by atoms with E-state index in [2.05, 4.69) is 0 Å². The van der Waals surface area contributed by atoms with Gasteiger partial charge in [-0.05, 0) is 24.6 Å². The molecule has 0 radical (unpaired) electrons. The second kappa shape index (κ2) is 2.92. The minimum Gasteiger partial charge on any atom is -0.404 e. The number of hydrogen-bond acceptors (Lipinski definition) is 4. The van der Waals surface area contributed by atoms with Crippen LogP contribution in [0.1, 0.15) is 12.8 Å². The van der Waals surface area contributed by atoms with Crippen molar-refractivity contribution in [2.75, 3.05) is 0 Å². The summed E-state index contributed by atoms with van der Waals surface area (Å²) in [5.41, 5.74) is 18.5. The summed E-state index contributed by atoms with van der Waals surface area (Å²) < 4.78 is 0. The minimum atomic E-state index is 0.517. The Bertz CT molecular complexity index is 252. The lowest BCUT2D eigenvalue weighted by Crippen LogP contribution is -2.23. The van der Waals surface area contributed by atoms with Crippen molar-refractivity contribution in [3.05, 3.63) is 23.2 Å². The molecule has 11 heavy (non-hydrogen) atoms. The number of nitrogens with two attached hydrogens (primary N) is 3. The lowest BCUT2D eigenvalue weighted by atomic mass is 9.97. The standard InChI is InChI=1S/C7H11N3S/c8-3-4-1-2-5(11)7(10)6(4)9/h3H,1-2,8-10H2. The van der Waals surface area contributed by atoms with Crippen LogP contribution in [0.5, 0.6) is 0 Å². The topological polar surface area (TPSA) is 78.1 Å². The summed E-state index contributed by atoms with van der Waals surface area (Å²) in [6.45, 7) is 0. The molecule has 0 fully saturated rings. The highest BCUT2D eigenvalue weighted by Gasteiger charge is 2.15. The Morgan fingerprint density at radius 2 is 1.82 bits per heavy atom. The van der Waals surface area contributed by atoms with Crippen molar-refractivity contribution in [2.24, 2.45) is 17.2 Å². The smallest absolute Gasteiger partial charge is 0.0692 e. The molecule has 0 unspecified atom stereocenters. The van der Waals surface area contributed by atoms with Gasteiger partial charge < -0.3 is 17.2 Å². The fourth-order valence-electron chi connectivity index (χ4n) is 1.01. The SMILES string of the molecule is NC=C1CCC(=S)C(N)=C1N. The molecule has 0 bridgehead atoms. The fraction of sp³-hybridized carbons (Fsp3) is 0.286.